The Morgan fingerprint density at radius 3 is 2.60 bits per heavy atom. The van der Waals surface area contributed by atoms with Crippen LogP contribution in [0, 0.1) is 0 Å². The number of allylic oxidation sites excluding steroid dienone is 1. The van der Waals surface area contributed by atoms with Crippen LogP contribution in [0.5, 0.6) is 0 Å². The standard InChI is InChI=1S/C10H9NO3S/c11-9-8(15(13)14)5-6-3-1-2-4-7(6)10(9)12/h1-4,12H,5,11H2. The van der Waals surface area contributed by atoms with E-state index >= 15 is 0 Å². The molecule has 0 aliphatic heterocycles. The molecule has 0 saturated heterocycles. The van der Waals surface area contributed by atoms with Gasteiger partial charge in [-0.15, -0.1) is 0 Å². The van der Waals surface area contributed by atoms with Crippen molar-refractivity contribution < 1.29 is 13.5 Å². The fraction of sp³-hybridized carbons (Fsp3) is 0.100. The maximum absolute atomic E-state index is 10.9. The van der Waals surface area contributed by atoms with E-state index < -0.39 is 10.3 Å². The van der Waals surface area contributed by atoms with Gasteiger partial charge in [-0.2, -0.15) is 8.42 Å². The Bertz CT molecular complexity index is 576. The van der Waals surface area contributed by atoms with E-state index in [9.17, 15) is 13.5 Å². The van der Waals surface area contributed by atoms with Crippen molar-refractivity contribution in [1.82, 2.24) is 0 Å². The van der Waals surface area contributed by atoms with E-state index in [-0.39, 0.29) is 22.7 Å². The van der Waals surface area contributed by atoms with Crippen LogP contribution in [-0.4, -0.2) is 18.4 Å². The molecule has 1 aliphatic carbocycles. The Kier molecular flexibility index (Phi) is 2.24. The van der Waals surface area contributed by atoms with Gasteiger partial charge in [-0.05, 0) is 5.56 Å². The van der Waals surface area contributed by atoms with E-state index in [1.165, 1.54) is 0 Å². The lowest BCUT2D eigenvalue weighted by Gasteiger charge is -2.16. The molecule has 0 amide bonds. The Morgan fingerprint density at radius 2 is 1.93 bits per heavy atom. The third-order valence-electron chi connectivity index (χ3n) is 2.38. The summed E-state index contributed by atoms with van der Waals surface area (Å²) in [6.45, 7) is 0. The second-order valence-corrected chi connectivity index (χ2v) is 4.22. The summed E-state index contributed by atoms with van der Waals surface area (Å²) in [6.07, 6.45) is 0.238. The van der Waals surface area contributed by atoms with Crippen LogP contribution in [-0.2, 0) is 16.7 Å². The minimum absolute atomic E-state index is 0.0474. The Labute approximate surface area is 88.2 Å². The van der Waals surface area contributed by atoms with Crippen LogP contribution < -0.4 is 5.73 Å². The minimum Gasteiger partial charge on any atom is -0.505 e. The zero-order valence-electron chi connectivity index (χ0n) is 7.77. The molecule has 0 atom stereocenters. The Morgan fingerprint density at radius 1 is 1.27 bits per heavy atom. The predicted molar refractivity (Wildman–Crippen MR) is 57.8 cm³/mol. The van der Waals surface area contributed by atoms with Gasteiger partial charge < -0.3 is 10.8 Å². The van der Waals surface area contributed by atoms with Gasteiger partial charge in [0.15, 0.2) is 0 Å². The van der Waals surface area contributed by atoms with Crippen LogP contribution in [0.25, 0.3) is 5.76 Å². The molecule has 0 fully saturated rings. The van der Waals surface area contributed by atoms with Crippen molar-refractivity contribution in [2.24, 2.45) is 5.73 Å². The van der Waals surface area contributed by atoms with E-state index in [4.69, 9.17) is 5.73 Å². The average molecular weight is 223 g/mol. The SMILES string of the molecule is NC1=C(O)c2ccccc2CC1=S(=O)=O. The van der Waals surface area contributed by atoms with Crippen molar-refractivity contribution >= 4 is 20.9 Å². The highest BCUT2D eigenvalue weighted by Crippen LogP contribution is 2.25. The van der Waals surface area contributed by atoms with Gasteiger partial charge >= 0.3 is 0 Å². The zero-order chi connectivity index (χ0) is 11.0. The maximum atomic E-state index is 10.9. The largest absolute Gasteiger partial charge is 0.505 e. The summed E-state index contributed by atoms with van der Waals surface area (Å²) in [5, 5.41) is 9.71. The first-order chi connectivity index (χ1) is 7.11. The van der Waals surface area contributed by atoms with Crippen molar-refractivity contribution in [3.8, 4) is 0 Å². The Balaban J connectivity index is 2.77. The first kappa shape index (κ1) is 9.79. The number of nitrogens with two attached hydrogens (primary N) is 1. The van der Waals surface area contributed by atoms with Gasteiger partial charge in [-0.25, -0.2) is 0 Å². The highest BCUT2D eigenvalue weighted by molar-refractivity contribution is 7.73. The molecule has 0 heterocycles. The Hall–Kier alpha value is -1.75. The number of aliphatic hydroxyl groups is 1. The van der Waals surface area contributed by atoms with Crippen LogP contribution in [0.1, 0.15) is 11.1 Å². The lowest BCUT2D eigenvalue weighted by atomic mass is 9.94. The molecule has 4 nitrogen and oxygen atoms in total. The van der Waals surface area contributed by atoms with Crippen molar-refractivity contribution in [3.63, 3.8) is 0 Å². The summed E-state index contributed by atoms with van der Waals surface area (Å²) >= 11 is 0. The van der Waals surface area contributed by atoms with Gasteiger partial charge in [-0.1, -0.05) is 24.3 Å². The summed E-state index contributed by atoms with van der Waals surface area (Å²) in [6, 6.07) is 7.04. The van der Waals surface area contributed by atoms with Crippen LogP contribution in [0.4, 0.5) is 0 Å². The second-order valence-electron chi connectivity index (χ2n) is 3.25. The van der Waals surface area contributed by atoms with Crippen molar-refractivity contribution in [2.45, 2.75) is 6.42 Å². The van der Waals surface area contributed by atoms with Gasteiger partial charge in [0.05, 0.1) is 5.70 Å². The van der Waals surface area contributed by atoms with Crippen LogP contribution in [0.2, 0.25) is 0 Å². The van der Waals surface area contributed by atoms with Gasteiger partial charge in [0.1, 0.15) is 10.6 Å². The zero-order valence-corrected chi connectivity index (χ0v) is 8.58. The number of fused-ring (bicyclic) bond motifs is 1. The summed E-state index contributed by atoms with van der Waals surface area (Å²) in [4.78, 5) is 0.0474. The summed E-state index contributed by atoms with van der Waals surface area (Å²) in [7, 11) is -2.39. The molecule has 0 aromatic heterocycles. The monoisotopic (exact) mass is 223 g/mol. The second kappa shape index (κ2) is 3.43. The molecule has 1 aromatic rings. The topological polar surface area (TPSA) is 80.4 Å². The first-order valence-corrected chi connectivity index (χ1v) is 5.41. The summed E-state index contributed by atoms with van der Waals surface area (Å²) in [5.74, 6) is -0.156. The van der Waals surface area contributed by atoms with E-state index in [2.05, 4.69) is 0 Å². The van der Waals surface area contributed by atoms with Gasteiger partial charge in [0, 0.05) is 12.0 Å². The molecule has 1 aromatic carbocycles. The molecule has 15 heavy (non-hydrogen) atoms. The number of hydrogen-bond acceptors (Lipinski definition) is 4. The minimum atomic E-state index is -2.39. The smallest absolute Gasteiger partial charge is 0.219 e. The summed E-state index contributed by atoms with van der Waals surface area (Å²) < 4.78 is 21.7. The average Bonchev–Trinajstić information content (AvgIpc) is 2.23. The maximum Gasteiger partial charge on any atom is 0.219 e. The molecule has 2 rings (SSSR count). The van der Waals surface area contributed by atoms with Crippen molar-refractivity contribution in [3.05, 3.63) is 41.1 Å². The predicted octanol–water partition coefficient (Wildman–Crippen LogP) is 0.480. The summed E-state index contributed by atoms with van der Waals surface area (Å²) in [5.41, 5.74) is 6.85. The number of aliphatic hydroxyl groups excluding tert-OH is 1. The molecule has 5 heteroatoms. The fourth-order valence-corrected chi connectivity index (χ4v) is 2.15. The molecule has 0 unspecified atom stereocenters. The molecule has 0 radical (unpaired) electrons. The van der Waals surface area contributed by atoms with Crippen molar-refractivity contribution in [1.29, 1.82) is 0 Å². The van der Waals surface area contributed by atoms with Gasteiger partial charge in [-0.3, -0.25) is 0 Å². The van der Waals surface area contributed by atoms with Crippen molar-refractivity contribution in [2.75, 3.05) is 0 Å². The normalized spacial score (nSPS) is 15.1. The van der Waals surface area contributed by atoms with Gasteiger partial charge in [0.2, 0.25) is 10.3 Å². The molecular formula is C10H9NO3S. The number of rotatable bonds is 0. The van der Waals surface area contributed by atoms with Crippen LogP contribution >= 0.6 is 0 Å². The highest BCUT2D eigenvalue weighted by Gasteiger charge is 2.22. The molecule has 3 N–H and O–H groups in total. The van der Waals surface area contributed by atoms with Crippen LogP contribution in [0.15, 0.2) is 30.0 Å². The number of benzene rings is 1. The molecular weight excluding hydrogens is 214 g/mol. The third-order valence-corrected chi connectivity index (χ3v) is 3.15. The van der Waals surface area contributed by atoms with Gasteiger partial charge in [0.25, 0.3) is 0 Å². The third kappa shape index (κ3) is 1.50. The molecule has 1 aliphatic rings. The lowest BCUT2D eigenvalue weighted by molar-refractivity contribution is 0.506. The fourth-order valence-electron chi connectivity index (χ4n) is 1.60. The van der Waals surface area contributed by atoms with E-state index in [0.717, 1.165) is 5.56 Å². The molecule has 0 saturated carbocycles. The highest BCUT2D eigenvalue weighted by atomic mass is 32.2. The van der Waals surface area contributed by atoms with Crippen LogP contribution in [0.3, 0.4) is 0 Å². The molecule has 78 valence electrons. The molecule has 0 bridgehead atoms. The van der Waals surface area contributed by atoms with E-state index in [0.29, 0.717) is 5.56 Å². The molecule has 0 spiro atoms. The first-order valence-electron chi connectivity index (χ1n) is 4.33. The van der Waals surface area contributed by atoms with E-state index in [1.54, 1.807) is 24.3 Å². The quantitative estimate of drug-likeness (QED) is 0.627. The lowest BCUT2D eigenvalue weighted by Crippen LogP contribution is -2.22. The van der Waals surface area contributed by atoms with E-state index in [1.807, 2.05) is 0 Å². The number of hydrogen-bond donors (Lipinski definition) is 2.